The van der Waals surface area contributed by atoms with Gasteiger partial charge in [0, 0.05) is 10.7 Å². The van der Waals surface area contributed by atoms with E-state index in [1.54, 1.807) is 10.9 Å². The molecule has 0 aliphatic carbocycles. The number of aryl methyl sites for hydroxylation is 1. The average Bonchev–Trinajstić information content (AvgIpc) is 2.72. The molecule has 0 saturated carbocycles. The van der Waals surface area contributed by atoms with Crippen LogP contribution in [0.4, 0.5) is 0 Å². The van der Waals surface area contributed by atoms with Crippen molar-refractivity contribution in [3.05, 3.63) is 34.2 Å². The van der Waals surface area contributed by atoms with Crippen molar-refractivity contribution < 1.29 is 5.11 Å². The van der Waals surface area contributed by atoms with Crippen LogP contribution in [-0.4, -0.2) is 25.1 Å². The van der Waals surface area contributed by atoms with Crippen molar-refractivity contribution in [2.45, 2.75) is 20.0 Å². The zero-order valence-corrected chi connectivity index (χ0v) is 10.3. The average molecular weight is 283 g/mol. The summed E-state index contributed by atoms with van der Waals surface area (Å²) in [7, 11) is 0. The van der Waals surface area contributed by atoms with Crippen molar-refractivity contribution in [1.82, 2.24) is 20.0 Å². The Balaban J connectivity index is 2.47. The number of aliphatic hydroxyl groups is 1. The van der Waals surface area contributed by atoms with Crippen LogP contribution in [0.1, 0.15) is 18.3 Å². The largest absolute Gasteiger partial charge is 0.390 e. The molecule has 0 amide bonds. The van der Waals surface area contributed by atoms with Crippen molar-refractivity contribution in [2.75, 3.05) is 0 Å². The molecule has 0 radical (unpaired) electrons. The predicted octanol–water partition coefficient (Wildman–Crippen LogP) is 1.48. The van der Waals surface area contributed by atoms with Gasteiger partial charge in [-0.25, -0.2) is 4.98 Å². The summed E-state index contributed by atoms with van der Waals surface area (Å²) in [5, 5.41) is 17.3. The molecule has 0 saturated heterocycles. The van der Waals surface area contributed by atoms with Crippen molar-refractivity contribution in [2.24, 2.45) is 0 Å². The molecular weight excluding hydrogens is 272 g/mol. The van der Waals surface area contributed by atoms with Crippen LogP contribution < -0.4 is 0 Å². The molecule has 0 fully saturated rings. The van der Waals surface area contributed by atoms with Gasteiger partial charge in [-0.2, -0.15) is 4.68 Å². The molecule has 0 unspecified atom stereocenters. The predicted molar refractivity (Wildman–Crippen MR) is 62.2 cm³/mol. The number of halogens is 1. The molecule has 16 heavy (non-hydrogen) atoms. The third-order valence-corrected chi connectivity index (χ3v) is 2.73. The van der Waals surface area contributed by atoms with Crippen LogP contribution >= 0.6 is 15.9 Å². The van der Waals surface area contributed by atoms with Crippen LogP contribution in [0.25, 0.3) is 5.82 Å². The van der Waals surface area contributed by atoms with Crippen molar-refractivity contribution in [1.29, 1.82) is 0 Å². The van der Waals surface area contributed by atoms with Crippen LogP contribution in [0.15, 0.2) is 22.8 Å². The molecule has 84 valence electrons. The molecule has 0 bridgehead atoms. The fourth-order valence-corrected chi connectivity index (χ4v) is 1.68. The molecule has 0 aliphatic heterocycles. The topological polar surface area (TPSA) is 63.8 Å². The second kappa shape index (κ2) is 4.71. The van der Waals surface area contributed by atoms with E-state index in [-0.39, 0.29) is 6.61 Å². The lowest BCUT2D eigenvalue weighted by molar-refractivity contribution is 0.271. The fourth-order valence-electron chi connectivity index (χ4n) is 1.44. The Kier molecular flexibility index (Phi) is 3.31. The van der Waals surface area contributed by atoms with E-state index in [2.05, 4.69) is 31.2 Å². The van der Waals surface area contributed by atoms with E-state index in [4.69, 9.17) is 0 Å². The summed E-state index contributed by atoms with van der Waals surface area (Å²) in [4.78, 5) is 4.21. The molecular formula is C10H11BrN4O. The van der Waals surface area contributed by atoms with Crippen molar-refractivity contribution in [3.63, 3.8) is 0 Å². The second-order valence-electron chi connectivity index (χ2n) is 3.24. The molecule has 0 aliphatic rings. The first-order valence-electron chi connectivity index (χ1n) is 4.92. The van der Waals surface area contributed by atoms with E-state index in [1.165, 1.54) is 0 Å². The molecule has 0 atom stereocenters. The molecule has 2 aromatic rings. The summed E-state index contributed by atoms with van der Waals surface area (Å²) in [6.07, 6.45) is 2.43. The second-order valence-corrected chi connectivity index (χ2v) is 4.16. The van der Waals surface area contributed by atoms with E-state index in [0.29, 0.717) is 11.5 Å². The van der Waals surface area contributed by atoms with Gasteiger partial charge < -0.3 is 5.11 Å². The molecule has 0 spiro atoms. The van der Waals surface area contributed by atoms with Crippen molar-refractivity contribution >= 4 is 15.9 Å². The van der Waals surface area contributed by atoms with E-state index in [9.17, 15) is 5.11 Å². The van der Waals surface area contributed by atoms with Gasteiger partial charge in [-0.1, -0.05) is 12.1 Å². The third kappa shape index (κ3) is 1.98. The molecule has 2 heterocycles. The minimum Gasteiger partial charge on any atom is -0.390 e. The van der Waals surface area contributed by atoms with E-state index >= 15 is 0 Å². The SMILES string of the molecule is CCc1nnn(-c2ccc(Br)cn2)c1CO. The third-order valence-electron chi connectivity index (χ3n) is 2.26. The first kappa shape index (κ1) is 11.2. The van der Waals surface area contributed by atoms with E-state index in [0.717, 1.165) is 16.6 Å². The Morgan fingerprint density at radius 1 is 1.44 bits per heavy atom. The highest BCUT2D eigenvalue weighted by molar-refractivity contribution is 9.10. The normalized spacial score (nSPS) is 10.7. The quantitative estimate of drug-likeness (QED) is 0.926. The molecule has 2 aromatic heterocycles. The summed E-state index contributed by atoms with van der Waals surface area (Å²) in [6.45, 7) is 1.89. The van der Waals surface area contributed by atoms with Gasteiger partial charge in [-0.15, -0.1) is 5.10 Å². The fraction of sp³-hybridized carbons (Fsp3) is 0.300. The Bertz CT molecular complexity index is 480. The molecule has 5 nitrogen and oxygen atoms in total. The Morgan fingerprint density at radius 2 is 2.25 bits per heavy atom. The summed E-state index contributed by atoms with van der Waals surface area (Å²) < 4.78 is 2.46. The lowest BCUT2D eigenvalue weighted by Crippen LogP contribution is -2.05. The molecule has 0 aromatic carbocycles. The van der Waals surface area contributed by atoms with Gasteiger partial charge in [0.05, 0.1) is 18.0 Å². The Hall–Kier alpha value is -1.27. The first-order valence-corrected chi connectivity index (χ1v) is 5.71. The highest BCUT2D eigenvalue weighted by atomic mass is 79.9. The summed E-state index contributed by atoms with van der Waals surface area (Å²) >= 11 is 3.32. The standard InChI is InChI=1S/C10H11BrN4O/c1-2-8-9(6-16)15(14-13-8)10-4-3-7(11)5-12-10/h3-5,16H,2,6H2,1H3. The smallest absolute Gasteiger partial charge is 0.155 e. The summed E-state index contributed by atoms with van der Waals surface area (Å²) in [5.74, 6) is 0.652. The van der Waals surface area contributed by atoms with Crippen LogP contribution in [-0.2, 0) is 13.0 Å². The molecule has 6 heteroatoms. The van der Waals surface area contributed by atoms with Gasteiger partial charge in [0.1, 0.15) is 0 Å². The molecule has 2 rings (SSSR count). The zero-order chi connectivity index (χ0) is 11.5. The number of hydrogen-bond donors (Lipinski definition) is 1. The number of rotatable bonds is 3. The van der Waals surface area contributed by atoms with Crippen LogP contribution in [0.5, 0.6) is 0 Å². The zero-order valence-electron chi connectivity index (χ0n) is 8.76. The highest BCUT2D eigenvalue weighted by Crippen LogP contribution is 2.14. The lowest BCUT2D eigenvalue weighted by atomic mass is 10.2. The number of aromatic nitrogens is 4. The Labute approximate surface area is 101 Å². The lowest BCUT2D eigenvalue weighted by Gasteiger charge is -2.03. The maximum absolute atomic E-state index is 9.30. The van der Waals surface area contributed by atoms with Crippen LogP contribution in [0.2, 0.25) is 0 Å². The van der Waals surface area contributed by atoms with Gasteiger partial charge in [0.15, 0.2) is 5.82 Å². The van der Waals surface area contributed by atoms with E-state index < -0.39 is 0 Å². The first-order chi connectivity index (χ1) is 7.76. The maximum atomic E-state index is 9.30. The number of hydrogen-bond acceptors (Lipinski definition) is 4. The minimum atomic E-state index is -0.0894. The maximum Gasteiger partial charge on any atom is 0.155 e. The number of pyridine rings is 1. The monoisotopic (exact) mass is 282 g/mol. The van der Waals surface area contributed by atoms with Crippen molar-refractivity contribution in [3.8, 4) is 5.82 Å². The summed E-state index contributed by atoms with van der Waals surface area (Å²) in [6, 6.07) is 3.69. The minimum absolute atomic E-state index is 0.0894. The van der Waals surface area contributed by atoms with Gasteiger partial charge in [0.2, 0.25) is 0 Å². The molecule has 1 N–H and O–H groups in total. The number of nitrogens with zero attached hydrogens (tertiary/aromatic N) is 4. The van der Waals surface area contributed by atoms with Gasteiger partial charge >= 0.3 is 0 Å². The van der Waals surface area contributed by atoms with Crippen LogP contribution in [0.3, 0.4) is 0 Å². The summed E-state index contributed by atoms with van der Waals surface area (Å²) in [5.41, 5.74) is 1.49. The van der Waals surface area contributed by atoms with Gasteiger partial charge in [-0.3, -0.25) is 0 Å². The van der Waals surface area contributed by atoms with Crippen LogP contribution in [0, 0.1) is 0 Å². The Morgan fingerprint density at radius 3 is 2.81 bits per heavy atom. The number of aliphatic hydroxyl groups excluding tert-OH is 1. The highest BCUT2D eigenvalue weighted by Gasteiger charge is 2.12. The van der Waals surface area contributed by atoms with Gasteiger partial charge in [-0.05, 0) is 34.5 Å². The van der Waals surface area contributed by atoms with Gasteiger partial charge in [0.25, 0.3) is 0 Å². The van der Waals surface area contributed by atoms with E-state index in [1.807, 2.05) is 19.1 Å².